The Morgan fingerprint density at radius 1 is 1.05 bits per heavy atom. The lowest BCUT2D eigenvalue weighted by Crippen LogP contribution is -2.14. The van der Waals surface area contributed by atoms with Gasteiger partial charge in [0, 0.05) is 11.4 Å². The van der Waals surface area contributed by atoms with Gasteiger partial charge in [-0.05, 0) is 30.2 Å². The average molecular weight is 296 g/mol. The van der Waals surface area contributed by atoms with E-state index < -0.39 is 23.2 Å². The van der Waals surface area contributed by atoms with E-state index in [0.717, 1.165) is 17.7 Å². The molecule has 0 bridgehead atoms. The van der Waals surface area contributed by atoms with E-state index in [9.17, 15) is 13.6 Å². The second-order valence-electron chi connectivity index (χ2n) is 4.24. The van der Waals surface area contributed by atoms with Gasteiger partial charge < -0.3 is 5.32 Å². The molecule has 20 heavy (non-hydrogen) atoms. The van der Waals surface area contributed by atoms with Crippen molar-refractivity contribution in [1.82, 2.24) is 0 Å². The third-order valence-electron chi connectivity index (χ3n) is 2.81. The number of carbonyl (C=O) groups is 1. The Balaban J connectivity index is 1.98. The first-order valence-electron chi connectivity index (χ1n) is 6.05. The van der Waals surface area contributed by atoms with Crippen LogP contribution in [0.5, 0.6) is 0 Å². The highest BCUT2D eigenvalue weighted by atomic mass is 35.5. The van der Waals surface area contributed by atoms with Crippen LogP contribution in [-0.4, -0.2) is 5.91 Å². The Morgan fingerprint density at radius 2 is 1.70 bits per heavy atom. The molecule has 2 nitrogen and oxygen atoms in total. The average Bonchev–Trinajstić information content (AvgIpc) is 2.42. The first-order valence-corrected chi connectivity index (χ1v) is 6.43. The molecule has 2 aromatic carbocycles. The molecule has 0 aromatic heterocycles. The molecule has 0 saturated heterocycles. The molecule has 1 amide bonds. The fraction of sp³-hybridized carbons (Fsp3) is 0.133. The lowest BCUT2D eigenvalue weighted by molar-refractivity contribution is -0.116. The predicted octanol–water partition coefficient (Wildman–Crippen LogP) is 4.19. The zero-order chi connectivity index (χ0) is 14.5. The summed E-state index contributed by atoms with van der Waals surface area (Å²) in [6.07, 6.45) is 0.499. The maximum absolute atomic E-state index is 13.4. The van der Waals surface area contributed by atoms with Crippen LogP contribution in [0.2, 0.25) is 5.02 Å². The van der Waals surface area contributed by atoms with Crippen molar-refractivity contribution in [2.24, 2.45) is 0 Å². The van der Waals surface area contributed by atoms with E-state index in [1.807, 2.05) is 6.07 Å². The van der Waals surface area contributed by atoms with Crippen molar-refractivity contribution in [1.29, 1.82) is 0 Å². The number of rotatable bonds is 4. The normalized spacial score (nSPS) is 10.3. The number of amides is 1. The van der Waals surface area contributed by atoms with Crippen LogP contribution in [0.4, 0.5) is 14.5 Å². The zero-order valence-corrected chi connectivity index (χ0v) is 11.3. The molecule has 0 fully saturated rings. The van der Waals surface area contributed by atoms with Crippen molar-refractivity contribution in [2.75, 3.05) is 5.32 Å². The fourth-order valence-electron chi connectivity index (χ4n) is 1.77. The summed E-state index contributed by atoms with van der Waals surface area (Å²) >= 11 is 5.97. The summed E-state index contributed by atoms with van der Waals surface area (Å²) in [6.45, 7) is 0. The minimum Gasteiger partial charge on any atom is -0.321 e. The molecule has 2 aromatic rings. The standard InChI is InChI=1S/C15H12ClF2NO/c16-11-5-2-1-4-10(11)8-9-14(20)19-15-12(17)6-3-7-13(15)18/h1-7H,8-9H2,(H,19,20). The van der Waals surface area contributed by atoms with Crippen LogP contribution < -0.4 is 5.32 Å². The molecular weight excluding hydrogens is 284 g/mol. The highest BCUT2D eigenvalue weighted by Crippen LogP contribution is 2.20. The summed E-state index contributed by atoms with van der Waals surface area (Å²) in [4.78, 5) is 11.7. The highest BCUT2D eigenvalue weighted by Gasteiger charge is 2.12. The molecule has 0 saturated carbocycles. The Morgan fingerprint density at radius 3 is 2.35 bits per heavy atom. The Hall–Kier alpha value is -1.94. The van der Waals surface area contributed by atoms with Crippen molar-refractivity contribution >= 4 is 23.2 Å². The molecular formula is C15H12ClF2NO. The summed E-state index contributed by atoms with van der Waals surface area (Å²) in [5, 5.41) is 2.80. The Kier molecular flexibility index (Phi) is 4.69. The highest BCUT2D eigenvalue weighted by molar-refractivity contribution is 6.31. The number of anilines is 1. The largest absolute Gasteiger partial charge is 0.321 e. The quantitative estimate of drug-likeness (QED) is 0.900. The van der Waals surface area contributed by atoms with Crippen molar-refractivity contribution in [2.45, 2.75) is 12.8 Å². The molecule has 2 rings (SSSR count). The number of para-hydroxylation sites is 1. The van der Waals surface area contributed by atoms with Gasteiger partial charge in [0.1, 0.15) is 17.3 Å². The van der Waals surface area contributed by atoms with E-state index in [2.05, 4.69) is 5.32 Å². The molecule has 1 N–H and O–H groups in total. The number of carbonyl (C=O) groups excluding carboxylic acids is 1. The summed E-state index contributed by atoms with van der Waals surface area (Å²) in [7, 11) is 0. The Labute approximate surface area is 120 Å². The molecule has 0 spiro atoms. The number of hydrogen-bond acceptors (Lipinski definition) is 1. The molecule has 0 aliphatic heterocycles. The maximum Gasteiger partial charge on any atom is 0.224 e. The van der Waals surface area contributed by atoms with E-state index in [1.165, 1.54) is 6.07 Å². The van der Waals surface area contributed by atoms with Gasteiger partial charge in [-0.1, -0.05) is 35.9 Å². The maximum atomic E-state index is 13.4. The monoisotopic (exact) mass is 295 g/mol. The van der Waals surface area contributed by atoms with Gasteiger partial charge in [-0.15, -0.1) is 0 Å². The van der Waals surface area contributed by atoms with Crippen LogP contribution >= 0.6 is 11.6 Å². The Bertz CT molecular complexity index is 611. The SMILES string of the molecule is O=C(CCc1ccccc1Cl)Nc1c(F)cccc1F. The molecule has 104 valence electrons. The van der Waals surface area contributed by atoms with Gasteiger partial charge >= 0.3 is 0 Å². The lowest BCUT2D eigenvalue weighted by atomic mass is 10.1. The van der Waals surface area contributed by atoms with Crippen LogP contribution in [0.3, 0.4) is 0 Å². The second kappa shape index (κ2) is 6.48. The van der Waals surface area contributed by atoms with E-state index in [0.29, 0.717) is 11.4 Å². The zero-order valence-electron chi connectivity index (χ0n) is 10.5. The number of aryl methyl sites for hydroxylation is 1. The molecule has 0 aliphatic rings. The third kappa shape index (κ3) is 3.54. The van der Waals surface area contributed by atoms with E-state index in [1.54, 1.807) is 18.2 Å². The molecule has 0 aliphatic carbocycles. The van der Waals surface area contributed by atoms with Crippen molar-refractivity contribution in [3.8, 4) is 0 Å². The van der Waals surface area contributed by atoms with Crippen LogP contribution in [0.1, 0.15) is 12.0 Å². The van der Waals surface area contributed by atoms with Gasteiger partial charge in [0.2, 0.25) is 5.91 Å². The predicted molar refractivity (Wildman–Crippen MR) is 74.8 cm³/mol. The van der Waals surface area contributed by atoms with Gasteiger partial charge in [0.25, 0.3) is 0 Å². The topological polar surface area (TPSA) is 29.1 Å². The van der Waals surface area contributed by atoms with Gasteiger partial charge in [-0.3, -0.25) is 4.79 Å². The second-order valence-corrected chi connectivity index (χ2v) is 4.64. The van der Waals surface area contributed by atoms with Gasteiger partial charge in [-0.2, -0.15) is 0 Å². The van der Waals surface area contributed by atoms with Gasteiger partial charge in [0.05, 0.1) is 0 Å². The van der Waals surface area contributed by atoms with Crippen LogP contribution in [-0.2, 0) is 11.2 Å². The van der Waals surface area contributed by atoms with Gasteiger partial charge in [0.15, 0.2) is 0 Å². The lowest BCUT2D eigenvalue weighted by Gasteiger charge is -2.08. The minimum absolute atomic E-state index is 0.0947. The summed E-state index contributed by atoms with van der Waals surface area (Å²) in [6, 6.07) is 10.6. The summed E-state index contributed by atoms with van der Waals surface area (Å²) in [5.74, 6) is -2.05. The number of nitrogens with one attached hydrogen (secondary N) is 1. The van der Waals surface area contributed by atoms with Crippen molar-refractivity contribution < 1.29 is 13.6 Å². The molecule has 0 radical (unpaired) electrons. The smallest absolute Gasteiger partial charge is 0.224 e. The van der Waals surface area contributed by atoms with Gasteiger partial charge in [-0.25, -0.2) is 8.78 Å². The molecule has 5 heteroatoms. The van der Waals surface area contributed by atoms with Crippen molar-refractivity contribution in [3.63, 3.8) is 0 Å². The molecule has 0 atom stereocenters. The number of halogens is 3. The van der Waals surface area contributed by atoms with Crippen LogP contribution in [0.15, 0.2) is 42.5 Å². The summed E-state index contributed by atoms with van der Waals surface area (Å²) < 4.78 is 26.7. The molecule has 0 heterocycles. The minimum atomic E-state index is -0.795. The number of benzene rings is 2. The first-order chi connectivity index (χ1) is 9.58. The third-order valence-corrected chi connectivity index (χ3v) is 3.18. The van der Waals surface area contributed by atoms with Crippen molar-refractivity contribution in [3.05, 3.63) is 64.7 Å². The van der Waals surface area contributed by atoms with E-state index in [4.69, 9.17) is 11.6 Å². The molecule has 0 unspecified atom stereocenters. The fourth-order valence-corrected chi connectivity index (χ4v) is 2.00. The van der Waals surface area contributed by atoms with Crippen LogP contribution in [0, 0.1) is 11.6 Å². The van der Waals surface area contributed by atoms with E-state index >= 15 is 0 Å². The summed E-state index contributed by atoms with van der Waals surface area (Å²) in [5.41, 5.74) is 0.398. The first kappa shape index (κ1) is 14.5. The van der Waals surface area contributed by atoms with Crippen LogP contribution in [0.25, 0.3) is 0 Å². The number of hydrogen-bond donors (Lipinski definition) is 1. The van der Waals surface area contributed by atoms with E-state index in [-0.39, 0.29) is 6.42 Å².